The van der Waals surface area contributed by atoms with Crippen LogP contribution in [0.3, 0.4) is 0 Å². The van der Waals surface area contributed by atoms with E-state index < -0.39 is 5.97 Å². The van der Waals surface area contributed by atoms with E-state index >= 15 is 0 Å². The molecule has 0 bridgehead atoms. The number of carbonyl (C=O) groups is 1. The van der Waals surface area contributed by atoms with Gasteiger partial charge in [0.15, 0.2) is 0 Å². The summed E-state index contributed by atoms with van der Waals surface area (Å²) in [6, 6.07) is 8.33. The van der Waals surface area contributed by atoms with Crippen molar-refractivity contribution in [1.82, 2.24) is 5.32 Å². The number of carboxylic acids is 1. The molecule has 0 unspecified atom stereocenters. The third kappa shape index (κ3) is 6.22. The molecule has 0 aliphatic rings. The number of rotatable bonds is 11. The van der Waals surface area contributed by atoms with Crippen LogP contribution in [0.25, 0.3) is 11.3 Å². The molecule has 1 aromatic carbocycles. The average Bonchev–Trinajstić information content (AvgIpc) is 3.06. The van der Waals surface area contributed by atoms with Crippen molar-refractivity contribution < 1.29 is 14.3 Å². The Hall–Kier alpha value is -1.78. The number of hydrogen-bond acceptors (Lipinski definition) is 3. The summed E-state index contributed by atoms with van der Waals surface area (Å²) in [5.74, 6) is 0.424. The Labute approximate surface area is 154 Å². The van der Waals surface area contributed by atoms with E-state index in [1.807, 2.05) is 12.1 Å². The maximum Gasteiger partial charge on any atom is 0.335 e. The lowest BCUT2D eigenvalue weighted by Crippen LogP contribution is -2.14. The van der Waals surface area contributed by atoms with E-state index in [0.29, 0.717) is 22.9 Å². The molecule has 0 atom stereocenters. The lowest BCUT2D eigenvalue weighted by molar-refractivity contribution is 0.0697. The number of carboxylic acid groups (broad SMARTS) is 1. The zero-order chi connectivity index (χ0) is 18.1. The van der Waals surface area contributed by atoms with Gasteiger partial charge in [0.05, 0.1) is 17.1 Å². The Bertz CT molecular complexity index is 681. The third-order valence-corrected chi connectivity index (χ3v) is 4.48. The van der Waals surface area contributed by atoms with Crippen LogP contribution in [0.15, 0.2) is 34.7 Å². The van der Waals surface area contributed by atoms with Gasteiger partial charge in [-0.2, -0.15) is 0 Å². The van der Waals surface area contributed by atoms with E-state index in [-0.39, 0.29) is 5.56 Å². The molecular formula is C20H26ClNO3. The van der Waals surface area contributed by atoms with E-state index in [2.05, 4.69) is 12.2 Å². The molecule has 1 aromatic heterocycles. The first kappa shape index (κ1) is 19.5. The predicted octanol–water partition coefficient (Wildman–Crippen LogP) is 5.75. The first-order chi connectivity index (χ1) is 12.1. The molecule has 0 spiro atoms. The Morgan fingerprint density at radius 2 is 1.88 bits per heavy atom. The van der Waals surface area contributed by atoms with Gasteiger partial charge in [-0.25, -0.2) is 4.79 Å². The Kier molecular flexibility index (Phi) is 8.02. The minimum Gasteiger partial charge on any atom is -0.478 e. The molecule has 2 aromatic rings. The number of hydrogen-bond donors (Lipinski definition) is 2. The van der Waals surface area contributed by atoms with Gasteiger partial charge in [0.25, 0.3) is 0 Å². The zero-order valence-corrected chi connectivity index (χ0v) is 15.4. The average molecular weight is 364 g/mol. The van der Waals surface area contributed by atoms with Crippen molar-refractivity contribution in [2.75, 3.05) is 6.54 Å². The van der Waals surface area contributed by atoms with Gasteiger partial charge < -0.3 is 14.8 Å². The van der Waals surface area contributed by atoms with Crippen LogP contribution in [0.4, 0.5) is 0 Å². The highest BCUT2D eigenvalue weighted by atomic mass is 35.5. The SMILES string of the molecule is CCCCCCCCNCc1ccc(-c2cc(C(=O)O)ccc2Cl)o1. The highest BCUT2D eigenvalue weighted by molar-refractivity contribution is 6.33. The minimum atomic E-state index is -0.981. The van der Waals surface area contributed by atoms with E-state index in [4.69, 9.17) is 21.1 Å². The van der Waals surface area contributed by atoms with Crippen molar-refractivity contribution in [2.45, 2.75) is 52.0 Å². The maximum atomic E-state index is 11.1. The Balaban J connectivity index is 1.82. The van der Waals surface area contributed by atoms with E-state index in [1.165, 1.54) is 50.7 Å². The van der Waals surface area contributed by atoms with Crippen LogP contribution in [0.1, 0.15) is 61.6 Å². The quantitative estimate of drug-likeness (QED) is 0.499. The molecule has 5 heteroatoms. The second-order valence-electron chi connectivity index (χ2n) is 6.21. The summed E-state index contributed by atoms with van der Waals surface area (Å²) in [7, 11) is 0. The summed E-state index contributed by atoms with van der Waals surface area (Å²) in [5, 5.41) is 13.0. The molecule has 0 aliphatic heterocycles. The first-order valence-electron chi connectivity index (χ1n) is 8.94. The van der Waals surface area contributed by atoms with Crippen LogP contribution in [-0.2, 0) is 6.54 Å². The number of nitrogens with one attached hydrogen (secondary N) is 1. The number of furan rings is 1. The predicted molar refractivity (Wildman–Crippen MR) is 101 cm³/mol. The normalized spacial score (nSPS) is 11.0. The molecule has 2 N–H and O–H groups in total. The molecule has 1 heterocycles. The monoisotopic (exact) mass is 363 g/mol. The fourth-order valence-corrected chi connectivity index (χ4v) is 2.92. The van der Waals surface area contributed by atoms with Crippen molar-refractivity contribution in [3.8, 4) is 11.3 Å². The lowest BCUT2D eigenvalue weighted by Gasteiger charge is -2.04. The maximum absolute atomic E-state index is 11.1. The van der Waals surface area contributed by atoms with Crippen molar-refractivity contribution in [3.05, 3.63) is 46.7 Å². The standard InChI is InChI=1S/C20H26ClNO3/c1-2-3-4-5-6-7-12-22-14-16-9-11-19(25-16)17-13-15(20(23)24)8-10-18(17)21/h8-11,13,22H,2-7,12,14H2,1H3,(H,23,24). The largest absolute Gasteiger partial charge is 0.478 e. The molecule has 0 saturated heterocycles. The smallest absolute Gasteiger partial charge is 0.335 e. The van der Waals surface area contributed by atoms with Crippen LogP contribution in [0.5, 0.6) is 0 Å². The summed E-state index contributed by atoms with van der Waals surface area (Å²) in [6.07, 6.45) is 7.66. The first-order valence-corrected chi connectivity index (χ1v) is 9.32. The van der Waals surface area contributed by atoms with Crippen molar-refractivity contribution in [3.63, 3.8) is 0 Å². The fraction of sp³-hybridized carbons (Fsp3) is 0.450. The highest BCUT2D eigenvalue weighted by Crippen LogP contribution is 2.30. The summed E-state index contributed by atoms with van der Waals surface area (Å²) in [4.78, 5) is 11.1. The number of benzene rings is 1. The van der Waals surface area contributed by atoms with Gasteiger partial charge in [-0.1, -0.05) is 50.6 Å². The molecular weight excluding hydrogens is 338 g/mol. The fourth-order valence-electron chi connectivity index (χ4n) is 2.71. The highest BCUT2D eigenvalue weighted by Gasteiger charge is 2.12. The Morgan fingerprint density at radius 1 is 1.12 bits per heavy atom. The van der Waals surface area contributed by atoms with Crippen LogP contribution in [0.2, 0.25) is 5.02 Å². The third-order valence-electron chi connectivity index (χ3n) is 4.15. The number of aromatic carboxylic acids is 1. The molecule has 0 aliphatic carbocycles. The Morgan fingerprint density at radius 3 is 2.64 bits per heavy atom. The molecule has 4 nitrogen and oxygen atoms in total. The van der Waals surface area contributed by atoms with Gasteiger partial charge in [-0.15, -0.1) is 0 Å². The van der Waals surface area contributed by atoms with E-state index in [1.54, 1.807) is 6.07 Å². The molecule has 0 fully saturated rings. The van der Waals surface area contributed by atoms with E-state index in [0.717, 1.165) is 12.3 Å². The topological polar surface area (TPSA) is 62.5 Å². The summed E-state index contributed by atoms with van der Waals surface area (Å²) in [5.41, 5.74) is 0.794. The van der Waals surface area contributed by atoms with Crippen LogP contribution < -0.4 is 5.32 Å². The minimum absolute atomic E-state index is 0.193. The second-order valence-corrected chi connectivity index (χ2v) is 6.62. The molecule has 136 valence electrons. The van der Waals surface area contributed by atoms with Gasteiger partial charge in [-0.3, -0.25) is 0 Å². The molecule has 0 amide bonds. The van der Waals surface area contributed by atoms with Gasteiger partial charge in [0.2, 0.25) is 0 Å². The van der Waals surface area contributed by atoms with Crippen LogP contribution in [-0.4, -0.2) is 17.6 Å². The van der Waals surface area contributed by atoms with Crippen molar-refractivity contribution in [1.29, 1.82) is 0 Å². The molecule has 0 saturated carbocycles. The summed E-state index contributed by atoms with van der Waals surface area (Å²) in [6.45, 7) is 3.85. The number of halogens is 1. The van der Waals surface area contributed by atoms with Crippen LogP contribution in [0, 0.1) is 0 Å². The van der Waals surface area contributed by atoms with Gasteiger partial charge in [0, 0.05) is 5.56 Å². The zero-order valence-electron chi connectivity index (χ0n) is 14.7. The molecule has 0 radical (unpaired) electrons. The summed E-state index contributed by atoms with van der Waals surface area (Å²) < 4.78 is 5.81. The van der Waals surface area contributed by atoms with Gasteiger partial charge in [-0.05, 0) is 43.3 Å². The van der Waals surface area contributed by atoms with Gasteiger partial charge >= 0.3 is 5.97 Å². The summed E-state index contributed by atoms with van der Waals surface area (Å²) >= 11 is 6.17. The second kappa shape index (κ2) is 10.3. The number of unbranched alkanes of at least 4 members (excludes halogenated alkanes) is 5. The molecule has 2 rings (SSSR count). The van der Waals surface area contributed by atoms with Crippen LogP contribution >= 0.6 is 11.6 Å². The lowest BCUT2D eigenvalue weighted by atomic mass is 10.1. The van der Waals surface area contributed by atoms with Crippen molar-refractivity contribution >= 4 is 17.6 Å². The van der Waals surface area contributed by atoms with E-state index in [9.17, 15) is 4.79 Å². The van der Waals surface area contributed by atoms with Crippen molar-refractivity contribution in [2.24, 2.45) is 0 Å². The molecule has 25 heavy (non-hydrogen) atoms. The van der Waals surface area contributed by atoms with Gasteiger partial charge in [0.1, 0.15) is 11.5 Å².